The molecule has 0 spiro atoms. The van der Waals surface area contributed by atoms with E-state index in [9.17, 15) is 0 Å². The second kappa shape index (κ2) is 8.12. The van der Waals surface area contributed by atoms with Crippen molar-refractivity contribution in [3.8, 4) is 5.75 Å². The van der Waals surface area contributed by atoms with E-state index >= 15 is 0 Å². The van der Waals surface area contributed by atoms with Crippen LogP contribution in [0, 0.1) is 5.92 Å². The van der Waals surface area contributed by atoms with Crippen molar-refractivity contribution in [2.24, 2.45) is 5.92 Å². The Kier molecular flexibility index (Phi) is 6.81. The van der Waals surface area contributed by atoms with Gasteiger partial charge in [0.25, 0.3) is 0 Å². The van der Waals surface area contributed by atoms with Crippen LogP contribution in [0.3, 0.4) is 0 Å². The van der Waals surface area contributed by atoms with E-state index in [1.807, 2.05) is 12.3 Å². The normalized spacial score (nSPS) is 14.4. The molecule has 4 nitrogen and oxygen atoms in total. The summed E-state index contributed by atoms with van der Waals surface area (Å²) in [4.78, 5) is 4.24. The molecule has 0 aliphatic carbocycles. The fourth-order valence-corrected chi connectivity index (χ4v) is 2.23. The lowest BCUT2D eigenvalue weighted by Crippen LogP contribution is -2.37. The van der Waals surface area contributed by atoms with Crippen molar-refractivity contribution in [3.05, 3.63) is 24.0 Å². The topological polar surface area (TPSA) is 43.4 Å². The van der Waals surface area contributed by atoms with Crippen molar-refractivity contribution < 1.29 is 9.47 Å². The van der Waals surface area contributed by atoms with E-state index in [-0.39, 0.29) is 12.1 Å². The fraction of sp³-hybridized carbons (Fsp3) is 0.667. The predicted molar refractivity (Wildman–Crippen MR) is 77.5 cm³/mol. The number of nitrogens with one attached hydrogen (secondary N) is 1. The molecule has 1 aromatic heterocycles. The maximum absolute atomic E-state index is 5.67. The summed E-state index contributed by atoms with van der Waals surface area (Å²) in [5.74, 6) is 1.20. The van der Waals surface area contributed by atoms with Gasteiger partial charge in [0.05, 0.1) is 25.5 Å². The fourth-order valence-electron chi connectivity index (χ4n) is 2.23. The van der Waals surface area contributed by atoms with E-state index in [2.05, 4.69) is 31.1 Å². The van der Waals surface area contributed by atoms with Gasteiger partial charge in [0.1, 0.15) is 5.75 Å². The smallest absolute Gasteiger partial charge is 0.137 e. The SMILES string of the molecule is CCCNC(c1cncc(OC)c1)C(OC)C(C)C. The predicted octanol–water partition coefficient (Wildman–Crippen LogP) is 2.80. The van der Waals surface area contributed by atoms with Crippen LogP contribution in [0.5, 0.6) is 5.75 Å². The summed E-state index contributed by atoms with van der Waals surface area (Å²) in [5, 5.41) is 3.55. The standard InChI is InChI=1S/C15H26N2O2/c1-6-7-17-14(15(19-5)11(2)3)12-8-13(18-4)10-16-9-12/h8-11,14-15,17H,6-7H2,1-5H3. The van der Waals surface area contributed by atoms with Gasteiger partial charge in [-0.05, 0) is 30.5 Å². The molecule has 1 heterocycles. The minimum Gasteiger partial charge on any atom is -0.495 e. The molecule has 0 saturated heterocycles. The highest BCUT2D eigenvalue weighted by Crippen LogP contribution is 2.26. The van der Waals surface area contributed by atoms with E-state index in [1.54, 1.807) is 20.4 Å². The molecular formula is C15H26N2O2. The van der Waals surface area contributed by atoms with Crippen LogP contribution in [0.4, 0.5) is 0 Å². The minimum absolute atomic E-state index is 0.112. The Balaban J connectivity index is 2.99. The van der Waals surface area contributed by atoms with Crippen LogP contribution in [0.1, 0.15) is 38.8 Å². The van der Waals surface area contributed by atoms with Crippen molar-refractivity contribution >= 4 is 0 Å². The molecule has 0 aromatic carbocycles. The Bertz CT molecular complexity index is 369. The number of rotatable bonds is 8. The van der Waals surface area contributed by atoms with Gasteiger partial charge in [-0.2, -0.15) is 0 Å². The first kappa shape index (κ1) is 15.9. The number of pyridine rings is 1. The van der Waals surface area contributed by atoms with Crippen LogP contribution in [0.15, 0.2) is 18.5 Å². The second-order valence-electron chi connectivity index (χ2n) is 5.03. The van der Waals surface area contributed by atoms with Crippen LogP contribution in [-0.2, 0) is 4.74 Å². The largest absolute Gasteiger partial charge is 0.495 e. The second-order valence-corrected chi connectivity index (χ2v) is 5.03. The zero-order valence-electron chi connectivity index (χ0n) is 12.6. The summed E-state index contributed by atoms with van der Waals surface area (Å²) < 4.78 is 10.9. The van der Waals surface area contributed by atoms with Gasteiger partial charge >= 0.3 is 0 Å². The molecule has 19 heavy (non-hydrogen) atoms. The Morgan fingerprint density at radius 3 is 2.53 bits per heavy atom. The molecule has 2 unspecified atom stereocenters. The summed E-state index contributed by atoms with van der Waals surface area (Å²) >= 11 is 0. The first-order chi connectivity index (χ1) is 9.13. The molecule has 0 amide bonds. The van der Waals surface area contributed by atoms with E-state index in [0.717, 1.165) is 24.3 Å². The van der Waals surface area contributed by atoms with Gasteiger partial charge in [0, 0.05) is 13.3 Å². The molecule has 1 aromatic rings. The number of hydrogen-bond donors (Lipinski definition) is 1. The molecule has 1 N–H and O–H groups in total. The summed E-state index contributed by atoms with van der Waals surface area (Å²) in [6.45, 7) is 7.45. The van der Waals surface area contributed by atoms with Gasteiger partial charge in [-0.1, -0.05) is 20.8 Å². The average molecular weight is 266 g/mol. The molecule has 0 bridgehead atoms. The molecule has 4 heteroatoms. The third-order valence-corrected chi connectivity index (χ3v) is 3.20. The monoisotopic (exact) mass is 266 g/mol. The van der Waals surface area contributed by atoms with Crippen LogP contribution in [-0.4, -0.2) is 31.9 Å². The molecule has 108 valence electrons. The lowest BCUT2D eigenvalue weighted by atomic mass is 9.94. The van der Waals surface area contributed by atoms with Gasteiger partial charge < -0.3 is 14.8 Å². The highest BCUT2D eigenvalue weighted by atomic mass is 16.5. The first-order valence-corrected chi connectivity index (χ1v) is 6.89. The van der Waals surface area contributed by atoms with E-state index in [0.29, 0.717) is 5.92 Å². The molecular weight excluding hydrogens is 240 g/mol. The quantitative estimate of drug-likeness (QED) is 0.785. The molecule has 2 atom stereocenters. The minimum atomic E-state index is 0.112. The van der Waals surface area contributed by atoms with Crippen molar-refractivity contribution in [3.63, 3.8) is 0 Å². The Labute approximate surface area is 116 Å². The van der Waals surface area contributed by atoms with Crippen molar-refractivity contribution in [1.29, 1.82) is 0 Å². The lowest BCUT2D eigenvalue weighted by molar-refractivity contribution is 0.0325. The zero-order chi connectivity index (χ0) is 14.3. The highest BCUT2D eigenvalue weighted by molar-refractivity contribution is 5.26. The van der Waals surface area contributed by atoms with Crippen LogP contribution in [0.2, 0.25) is 0 Å². The maximum Gasteiger partial charge on any atom is 0.137 e. The summed E-state index contributed by atoms with van der Waals surface area (Å²) in [7, 11) is 3.42. The van der Waals surface area contributed by atoms with Crippen LogP contribution < -0.4 is 10.1 Å². The van der Waals surface area contributed by atoms with Gasteiger partial charge in [0.15, 0.2) is 0 Å². The number of ether oxygens (including phenoxy) is 2. The van der Waals surface area contributed by atoms with Crippen molar-refractivity contribution in [2.45, 2.75) is 39.3 Å². The van der Waals surface area contributed by atoms with Crippen LogP contribution in [0.25, 0.3) is 0 Å². The average Bonchev–Trinajstić information content (AvgIpc) is 2.43. The van der Waals surface area contributed by atoms with Gasteiger partial charge in [-0.25, -0.2) is 0 Å². The maximum atomic E-state index is 5.67. The van der Waals surface area contributed by atoms with Gasteiger partial charge in [0.2, 0.25) is 0 Å². The van der Waals surface area contributed by atoms with E-state index in [4.69, 9.17) is 9.47 Å². The Morgan fingerprint density at radius 2 is 2.00 bits per heavy atom. The summed E-state index contributed by atoms with van der Waals surface area (Å²) in [6.07, 6.45) is 4.80. The van der Waals surface area contributed by atoms with Crippen molar-refractivity contribution in [2.75, 3.05) is 20.8 Å². The third-order valence-electron chi connectivity index (χ3n) is 3.20. The van der Waals surface area contributed by atoms with Crippen molar-refractivity contribution in [1.82, 2.24) is 10.3 Å². The lowest BCUT2D eigenvalue weighted by Gasteiger charge is -2.30. The van der Waals surface area contributed by atoms with E-state index in [1.165, 1.54) is 0 Å². The first-order valence-electron chi connectivity index (χ1n) is 6.89. The summed E-state index contributed by atoms with van der Waals surface area (Å²) in [5.41, 5.74) is 1.10. The molecule has 0 radical (unpaired) electrons. The van der Waals surface area contributed by atoms with Gasteiger partial charge in [-0.15, -0.1) is 0 Å². The van der Waals surface area contributed by atoms with Crippen LogP contribution >= 0.6 is 0 Å². The molecule has 0 aliphatic rings. The number of nitrogens with zero attached hydrogens (tertiary/aromatic N) is 1. The molecule has 0 saturated carbocycles. The Morgan fingerprint density at radius 1 is 1.26 bits per heavy atom. The Hall–Kier alpha value is -1.13. The number of methoxy groups -OCH3 is 2. The van der Waals surface area contributed by atoms with Gasteiger partial charge in [-0.3, -0.25) is 4.98 Å². The van der Waals surface area contributed by atoms with E-state index < -0.39 is 0 Å². The molecule has 1 rings (SSSR count). The number of aromatic nitrogens is 1. The molecule has 0 fully saturated rings. The summed E-state index contributed by atoms with van der Waals surface area (Å²) in [6, 6.07) is 2.15. The number of hydrogen-bond acceptors (Lipinski definition) is 4. The molecule has 0 aliphatic heterocycles. The highest BCUT2D eigenvalue weighted by Gasteiger charge is 2.25. The zero-order valence-corrected chi connectivity index (χ0v) is 12.6. The third kappa shape index (κ3) is 4.48.